The Labute approximate surface area is 144 Å². The number of nitrogens with one attached hydrogen (secondary N) is 1. The lowest BCUT2D eigenvalue weighted by atomic mass is 10.0. The van der Waals surface area contributed by atoms with Crippen molar-refractivity contribution in [2.45, 2.75) is 44.9 Å². The summed E-state index contributed by atoms with van der Waals surface area (Å²) in [5.74, 6) is 1.48. The highest BCUT2D eigenvalue weighted by atomic mass is 16.3. The molecule has 0 unspecified atom stereocenters. The van der Waals surface area contributed by atoms with Gasteiger partial charge in [0.15, 0.2) is 0 Å². The molecule has 3 rings (SSSR count). The molecule has 2 aromatic rings. The Morgan fingerprint density at radius 2 is 2.04 bits per heavy atom. The van der Waals surface area contributed by atoms with E-state index >= 15 is 0 Å². The van der Waals surface area contributed by atoms with E-state index in [-0.39, 0.29) is 12.1 Å². The first kappa shape index (κ1) is 17.0. The Bertz CT molecular complexity index is 720. The molecule has 0 aliphatic heterocycles. The first-order valence-corrected chi connectivity index (χ1v) is 8.62. The summed E-state index contributed by atoms with van der Waals surface area (Å²) in [6, 6.07) is 8.28. The minimum absolute atomic E-state index is 0.0172. The maximum absolute atomic E-state index is 10.5. The molecule has 0 bridgehead atoms. The third-order valence-electron chi connectivity index (χ3n) is 4.82. The van der Waals surface area contributed by atoms with Crippen LogP contribution in [0.5, 0.6) is 0 Å². The number of aliphatic hydroxyl groups is 1. The number of anilines is 1. The van der Waals surface area contributed by atoms with Crippen LogP contribution in [-0.2, 0) is 20.0 Å². The number of benzene rings is 1. The highest BCUT2D eigenvalue weighted by Gasteiger charge is 2.31. The molecule has 0 saturated carbocycles. The smallest absolute Gasteiger partial charge is 0.130 e. The van der Waals surface area contributed by atoms with E-state index in [1.807, 2.05) is 38.0 Å². The molecule has 1 aliphatic carbocycles. The maximum atomic E-state index is 10.5. The second kappa shape index (κ2) is 6.57. The van der Waals surface area contributed by atoms with Crippen LogP contribution in [0, 0.1) is 0 Å². The van der Waals surface area contributed by atoms with E-state index < -0.39 is 0 Å². The molecule has 24 heavy (non-hydrogen) atoms. The molecule has 5 nitrogen and oxygen atoms in total. The summed E-state index contributed by atoms with van der Waals surface area (Å²) in [4.78, 5) is 2.11. The SMILES string of the molecule is CC(C)c1nn(C)c(N(C)C)c1CN[C@@H]1c2ccccc2C[C@@H]1O. The van der Waals surface area contributed by atoms with Gasteiger partial charge in [-0.05, 0) is 17.0 Å². The second-order valence-electron chi connectivity index (χ2n) is 7.19. The predicted molar refractivity (Wildman–Crippen MR) is 97.4 cm³/mol. The van der Waals surface area contributed by atoms with E-state index in [0.717, 1.165) is 17.9 Å². The van der Waals surface area contributed by atoms with Crippen LogP contribution in [0.4, 0.5) is 5.82 Å². The summed E-state index contributed by atoms with van der Waals surface area (Å²) < 4.78 is 1.95. The van der Waals surface area contributed by atoms with E-state index in [1.165, 1.54) is 16.7 Å². The molecule has 2 N–H and O–H groups in total. The summed E-state index contributed by atoms with van der Waals surface area (Å²) in [5.41, 5.74) is 4.79. The van der Waals surface area contributed by atoms with Gasteiger partial charge in [-0.2, -0.15) is 5.10 Å². The predicted octanol–water partition coefficient (Wildman–Crippen LogP) is 2.36. The average Bonchev–Trinajstić information content (AvgIpc) is 3.01. The van der Waals surface area contributed by atoms with E-state index in [2.05, 4.69) is 36.2 Å². The van der Waals surface area contributed by atoms with Crippen molar-refractivity contribution in [1.29, 1.82) is 0 Å². The molecule has 1 heterocycles. The van der Waals surface area contributed by atoms with Gasteiger partial charge in [0, 0.05) is 39.7 Å². The zero-order valence-electron chi connectivity index (χ0n) is 15.2. The molecular weight excluding hydrogens is 300 g/mol. The summed E-state index contributed by atoms with van der Waals surface area (Å²) in [5, 5.41) is 18.7. The monoisotopic (exact) mass is 328 g/mol. The zero-order valence-corrected chi connectivity index (χ0v) is 15.2. The van der Waals surface area contributed by atoms with Crippen molar-refractivity contribution < 1.29 is 5.11 Å². The number of aryl methyl sites for hydroxylation is 1. The molecule has 130 valence electrons. The van der Waals surface area contributed by atoms with E-state index in [9.17, 15) is 5.11 Å². The van der Waals surface area contributed by atoms with E-state index in [1.54, 1.807) is 0 Å². The Hall–Kier alpha value is -1.85. The minimum Gasteiger partial charge on any atom is -0.391 e. The fraction of sp³-hybridized carbons (Fsp3) is 0.526. The summed E-state index contributed by atoms with van der Waals surface area (Å²) in [6.45, 7) is 5.04. The van der Waals surface area contributed by atoms with Gasteiger partial charge >= 0.3 is 0 Å². The van der Waals surface area contributed by atoms with E-state index in [0.29, 0.717) is 12.5 Å². The van der Waals surface area contributed by atoms with Gasteiger partial charge in [0.05, 0.1) is 17.8 Å². The highest BCUT2D eigenvalue weighted by molar-refractivity contribution is 5.50. The van der Waals surface area contributed by atoms with Gasteiger partial charge in [-0.1, -0.05) is 38.1 Å². The van der Waals surface area contributed by atoms with Gasteiger partial charge in [-0.15, -0.1) is 0 Å². The number of hydrogen-bond donors (Lipinski definition) is 2. The van der Waals surface area contributed by atoms with Gasteiger partial charge in [-0.3, -0.25) is 4.68 Å². The van der Waals surface area contributed by atoms with Crippen LogP contribution in [0.25, 0.3) is 0 Å². The maximum Gasteiger partial charge on any atom is 0.130 e. The van der Waals surface area contributed by atoms with Crippen molar-refractivity contribution >= 4 is 5.82 Å². The lowest BCUT2D eigenvalue weighted by Crippen LogP contribution is -2.29. The molecule has 0 spiro atoms. The lowest BCUT2D eigenvalue weighted by molar-refractivity contribution is 0.140. The molecular formula is C19H28N4O. The summed E-state index contributed by atoms with van der Waals surface area (Å²) >= 11 is 0. The number of fused-ring (bicyclic) bond motifs is 1. The zero-order chi connectivity index (χ0) is 17.4. The first-order chi connectivity index (χ1) is 11.4. The molecule has 2 atom stereocenters. The average molecular weight is 328 g/mol. The Morgan fingerprint density at radius 1 is 1.33 bits per heavy atom. The summed E-state index contributed by atoms with van der Waals surface area (Å²) in [7, 11) is 6.08. The minimum atomic E-state index is -0.371. The molecule has 1 aromatic heterocycles. The standard InChI is InChI=1S/C19H28N4O/c1-12(2)17-15(19(22(3)4)23(5)21-17)11-20-18-14-9-7-6-8-13(14)10-16(18)24/h6-9,12,16,18,20,24H,10-11H2,1-5H3/t16-,18+/m0/s1. The highest BCUT2D eigenvalue weighted by Crippen LogP contribution is 2.33. The van der Waals surface area contributed by atoms with Crippen molar-refractivity contribution in [1.82, 2.24) is 15.1 Å². The van der Waals surface area contributed by atoms with Crippen LogP contribution in [0.1, 0.15) is 48.2 Å². The van der Waals surface area contributed by atoms with Crippen molar-refractivity contribution in [2.24, 2.45) is 7.05 Å². The topological polar surface area (TPSA) is 53.3 Å². The van der Waals surface area contributed by atoms with Crippen LogP contribution in [0.3, 0.4) is 0 Å². The van der Waals surface area contributed by atoms with Crippen molar-refractivity contribution in [3.8, 4) is 0 Å². The van der Waals surface area contributed by atoms with Crippen LogP contribution >= 0.6 is 0 Å². The van der Waals surface area contributed by atoms with Crippen molar-refractivity contribution in [3.05, 3.63) is 46.6 Å². The van der Waals surface area contributed by atoms with Gasteiger partial charge in [0.1, 0.15) is 5.82 Å². The van der Waals surface area contributed by atoms with Gasteiger partial charge in [0.25, 0.3) is 0 Å². The number of nitrogens with zero attached hydrogens (tertiary/aromatic N) is 3. The van der Waals surface area contributed by atoms with Crippen LogP contribution in [0.15, 0.2) is 24.3 Å². The van der Waals surface area contributed by atoms with Crippen molar-refractivity contribution in [3.63, 3.8) is 0 Å². The molecule has 0 saturated heterocycles. The van der Waals surface area contributed by atoms with Crippen LogP contribution in [0.2, 0.25) is 0 Å². The van der Waals surface area contributed by atoms with Crippen LogP contribution < -0.4 is 10.2 Å². The van der Waals surface area contributed by atoms with Gasteiger partial charge in [0.2, 0.25) is 0 Å². The molecule has 5 heteroatoms. The molecule has 0 fully saturated rings. The number of aromatic nitrogens is 2. The van der Waals surface area contributed by atoms with Gasteiger partial charge in [-0.25, -0.2) is 0 Å². The largest absolute Gasteiger partial charge is 0.391 e. The number of rotatable bonds is 5. The number of hydrogen-bond acceptors (Lipinski definition) is 4. The summed E-state index contributed by atoms with van der Waals surface area (Å²) in [6.07, 6.45) is 0.350. The lowest BCUT2D eigenvalue weighted by Gasteiger charge is -2.21. The van der Waals surface area contributed by atoms with Gasteiger partial charge < -0.3 is 15.3 Å². The number of aliphatic hydroxyl groups excluding tert-OH is 1. The fourth-order valence-corrected chi connectivity index (χ4v) is 3.80. The Morgan fingerprint density at radius 3 is 2.71 bits per heavy atom. The molecule has 0 radical (unpaired) electrons. The van der Waals surface area contributed by atoms with E-state index in [4.69, 9.17) is 5.10 Å². The fourth-order valence-electron chi connectivity index (χ4n) is 3.80. The quantitative estimate of drug-likeness (QED) is 0.885. The molecule has 1 aromatic carbocycles. The Balaban J connectivity index is 1.87. The molecule has 0 amide bonds. The third kappa shape index (κ3) is 2.94. The normalized spacial score (nSPS) is 19.8. The molecule has 1 aliphatic rings. The van der Waals surface area contributed by atoms with Crippen molar-refractivity contribution in [2.75, 3.05) is 19.0 Å². The Kier molecular flexibility index (Phi) is 4.65. The second-order valence-corrected chi connectivity index (χ2v) is 7.19. The first-order valence-electron chi connectivity index (χ1n) is 8.62. The third-order valence-corrected chi connectivity index (χ3v) is 4.82. The van der Waals surface area contributed by atoms with Crippen LogP contribution in [-0.4, -0.2) is 35.1 Å².